The van der Waals surface area contributed by atoms with Crippen LogP contribution in [0.1, 0.15) is 13.8 Å². The summed E-state index contributed by atoms with van der Waals surface area (Å²) >= 11 is 0. The van der Waals surface area contributed by atoms with Crippen molar-refractivity contribution in [2.45, 2.75) is 26.1 Å². The second-order valence-corrected chi connectivity index (χ2v) is 3.70. The van der Waals surface area contributed by atoms with Gasteiger partial charge in [0.25, 0.3) is 0 Å². The zero-order chi connectivity index (χ0) is 12.2. The topological polar surface area (TPSA) is 66.8 Å². The van der Waals surface area contributed by atoms with Crippen LogP contribution in [0.5, 0.6) is 0 Å². The zero-order valence-electron chi connectivity index (χ0n) is 9.36. The van der Waals surface area contributed by atoms with Gasteiger partial charge in [-0.25, -0.2) is 0 Å². The highest BCUT2D eigenvalue weighted by molar-refractivity contribution is 5.78. The molecule has 0 saturated carbocycles. The van der Waals surface area contributed by atoms with Crippen molar-refractivity contribution in [2.24, 2.45) is 5.41 Å². The summed E-state index contributed by atoms with van der Waals surface area (Å²) in [5.41, 5.74) is -1.09. The summed E-state index contributed by atoms with van der Waals surface area (Å²) in [4.78, 5) is 11.5. The van der Waals surface area contributed by atoms with Gasteiger partial charge in [-0.3, -0.25) is 4.79 Å². The van der Waals surface area contributed by atoms with E-state index < -0.39 is 23.6 Å². The van der Waals surface area contributed by atoms with E-state index >= 15 is 0 Å². The highest BCUT2D eigenvalue weighted by atomic mass is 16.5. The van der Waals surface area contributed by atoms with Crippen molar-refractivity contribution >= 4 is 5.97 Å². The fourth-order valence-electron chi connectivity index (χ4n) is 1.37. The number of methoxy groups -OCH3 is 1. The fraction of sp³-hybridized carbons (Fsp3) is 0.545. The molecule has 0 heterocycles. The Morgan fingerprint density at radius 1 is 1.53 bits per heavy atom. The van der Waals surface area contributed by atoms with E-state index in [1.165, 1.54) is 20.1 Å². The largest absolute Gasteiger partial charge is 0.468 e. The third-order valence-electron chi connectivity index (χ3n) is 2.50. The Bertz CT molecular complexity index is 272. The molecule has 0 aromatic carbocycles. The number of hydrogen-bond acceptors (Lipinski definition) is 4. The van der Waals surface area contributed by atoms with Crippen molar-refractivity contribution in [3.63, 3.8) is 0 Å². The number of aliphatic hydroxyl groups is 2. The number of ether oxygens (including phenoxy) is 1. The first-order valence-corrected chi connectivity index (χ1v) is 4.54. The van der Waals surface area contributed by atoms with E-state index in [1.54, 1.807) is 6.92 Å². The maximum Gasteiger partial charge on any atom is 0.317 e. The molecule has 0 aliphatic carbocycles. The van der Waals surface area contributed by atoms with E-state index in [0.717, 1.165) is 0 Å². The summed E-state index contributed by atoms with van der Waals surface area (Å²) in [5, 5.41) is 19.5. The normalized spacial score (nSPS) is 18.5. The fourth-order valence-corrected chi connectivity index (χ4v) is 1.37. The van der Waals surface area contributed by atoms with Gasteiger partial charge in [-0.05, 0) is 13.8 Å². The summed E-state index contributed by atoms with van der Waals surface area (Å²) in [6.07, 6.45) is -1.20. The Balaban J connectivity index is 5.28. The average molecular weight is 214 g/mol. The average Bonchev–Trinajstić information content (AvgIpc) is 2.24. The lowest BCUT2D eigenvalue weighted by molar-refractivity contribution is -0.164. The predicted octanol–water partition coefficient (Wildman–Crippen LogP) is 0.650. The third-order valence-corrected chi connectivity index (χ3v) is 2.50. The first-order valence-electron chi connectivity index (χ1n) is 4.54. The van der Waals surface area contributed by atoms with Gasteiger partial charge >= 0.3 is 5.97 Å². The highest BCUT2D eigenvalue weighted by Crippen LogP contribution is 2.32. The van der Waals surface area contributed by atoms with Crippen LogP contribution in [-0.2, 0) is 9.53 Å². The van der Waals surface area contributed by atoms with Crippen LogP contribution in [0, 0.1) is 5.41 Å². The Hall–Kier alpha value is -1.13. The molecular formula is C11H18O4. The number of carbonyl (C=O) groups excluding carboxylic acids is 1. The molecular weight excluding hydrogens is 196 g/mol. The second-order valence-electron chi connectivity index (χ2n) is 3.70. The van der Waals surface area contributed by atoms with Crippen molar-refractivity contribution in [3.8, 4) is 0 Å². The van der Waals surface area contributed by atoms with E-state index in [1.807, 2.05) is 0 Å². The number of rotatable bonds is 5. The minimum atomic E-state index is -1.47. The Kier molecular flexibility index (Phi) is 4.71. The molecule has 4 nitrogen and oxygen atoms in total. The number of carbonyl (C=O) groups is 1. The Labute approximate surface area is 89.9 Å². The van der Waals surface area contributed by atoms with E-state index in [-0.39, 0.29) is 0 Å². The quantitative estimate of drug-likeness (QED) is 0.521. The van der Waals surface area contributed by atoms with Gasteiger partial charge in [0, 0.05) is 0 Å². The van der Waals surface area contributed by atoms with Gasteiger partial charge in [0.15, 0.2) is 0 Å². The molecule has 0 bridgehead atoms. The number of hydrogen-bond donors (Lipinski definition) is 2. The molecule has 0 spiro atoms. The Morgan fingerprint density at radius 3 is 2.27 bits per heavy atom. The molecule has 0 rings (SSSR count). The van der Waals surface area contributed by atoms with Crippen LogP contribution in [0.15, 0.2) is 24.8 Å². The van der Waals surface area contributed by atoms with Gasteiger partial charge in [-0.1, -0.05) is 18.2 Å². The molecule has 2 unspecified atom stereocenters. The maximum absolute atomic E-state index is 11.5. The predicted molar refractivity (Wildman–Crippen MR) is 57.1 cm³/mol. The van der Waals surface area contributed by atoms with E-state index in [2.05, 4.69) is 17.9 Å². The van der Waals surface area contributed by atoms with E-state index in [0.29, 0.717) is 5.57 Å². The summed E-state index contributed by atoms with van der Waals surface area (Å²) in [6, 6.07) is 0. The van der Waals surface area contributed by atoms with Crippen LogP contribution in [0.2, 0.25) is 0 Å². The van der Waals surface area contributed by atoms with Crippen molar-refractivity contribution in [1.29, 1.82) is 0 Å². The van der Waals surface area contributed by atoms with Gasteiger partial charge < -0.3 is 14.9 Å². The summed E-state index contributed by atoms with van der Waals surface area (Å²) < 4.78 is 4.56. The summed E-state index contributed by atoms with van der Waals surface area (Å²) in [6.45, 7) is 9.92. The van der Waals surface area contributed by atoms with E-state index in [9.17, 15) is 15.0 Å². The molecule has 86 valence electrons. The first kappa shape index (κ1) is 13.9. The molecule has 0 aliphatic rings. The van der Waals surface area contributed by atoms with Gasteiger partial charge in [0.2, 0.25) is 0 Å². The van der Waals surface area contributed by atoms with Crippen molar-refractivity contribution in [1.82, 2.24) is 0 Å². The van der Waals surface area contributed by atoms with Crippen molar-refractivity contribution in [2.75, 3.05) is 7.11 Å². The smallest absolute Gasteiger partial charge is 0.317 e. The monoisotopic (exact) mass is 214 g/mol. The lowest BCUT2D eigenvalue weighted by Gasteiger charge is -2.34. The molecule has 0 aromatic rings. The van der Waals surface area contributed by atoms with Crippen molar-refractivity contribution < 1.29 is 19.7 Å². The number of esters is 1. The van der Waals surface area contributed by atoms with Crippen LogP contribution < -0.4 is 0 Å². The Morgan fingerprint density at radius 2 is 2.00 bits per heavy atom. The maximum atomic E-state index is 11.5. The SMILES string of the molecule is C=C[C@@H](O)C(C)(C(=O)OC)C(O)C(=C)C. The molecule has 2 N–H and O–H groups in total. The molecule has 3 atom stereocenters. The van der Waals surface area contributed by atoms with Gasteiger partial charge in [-0.15, -0.1) is 6.58 Å². The van der Waals surface area contributed by atoms with Gasteiger partial charge in [0.05, 0.1) is 19.3 Å². The molecule has 0 amide bonds. The van der Waals surface area contributed by atoms with Crippen molar-refractivity contribution in [3.05, 3.63) is 24.8 Å². The first-order chi connectivity index (χ1) is 6.82. The molecule has 0 aromatic heterocycles. The van der Waals surface area contributed by atoms with Crippen LogP contribution in [-0.4, -0.2) is 35.5 Å². The molecule has 15 heavy (non-hydrogen) atoms. The third kappa shape index (κ3) is 2.46. The van der Waals surface area contributed by atoms with Crippen LogP contribution in [0.25, 0.3) is 0 Å². The minimum Gasteiger partial charge on any atom is -0.468 e. The van der Waals surface area contributed by atoms with E-state index in [4.69, 9.17) is 0 Å². The summed E-state index contributed by atoms with van der Waals surface area (Å²) in [7, 11) is 1.20. The van der Waals surface area contributed by atoms with Crippen LogP contribution >= 0.6 is 0 Å². The molecule has 0 fully saturated rings. The standard InChI is InChI=1S/C11H18O4/c1-6-8(12)11(4,10(14)15-5)9(13)7(2)3/h6,8-9,12-13H,1-2H2,3-5H3/t8-,9?,11?/m1/s1. The lowest BCUT2D eigenvalue weighted by atomic mass is 9.76. The highest BCUT2D eigenvalue weighted by Gasteiger charge is 2.47. The lowest BCUT2D eigenvalue weighted by Crippen LogP contribution is -2.49. The molecule has 0 saturated heterocycles. The second kappa shape index (κ2) is 5.09. The molecule has 0 aliphatic heterocycles. The summed E-state index contributed by atoms with van der Waals surface area (Å²) in [5.74, 6) is -0.703. The molecule has 0 radical (unpaired) electrons. The van der Waals surface area contributed by atoms with Crippen LogP contribution in [0.4, 0.5) is 0 Å². The van der Waals surface area contributed by atoms with Gasteiger partial charge in [0.1, 0.15) is 5.41 Å². The number of aliphatic hydroxyl groups excluding tert-OH is 2. The zero-order valence-corrected chi connectivity index (χ0v) is 9.36. The minimum absolute atomic E-state index is 0.379. The van der Waals surface area contributed by atoms with Crippen LogP contribution in [0.3, 0.4) is 0 Å². The molecule has 4 heteroatoms. The van der Waals surface area contributed by atoms with Gasteiger partial charge in [-0.2, -0.15) is 0 Å².